The number of benzene rings is 2. The van der Waals surface area contributed by atoms with Crippen molar-refractivity contribution in [1.29, 1.82) is 0 Å². The first kappa shape index (κ1) is 15.9. The maximum Gasteiger partial charge on any atom is 0.159 e. The van der Waals surface area contributed by atoms with E-state index in [9.17, 15) is 13.2 Å². The Morgan fingerprint density at radius 1 is 0.952 bits per heavy atom. The van der Waals surface area contributed by atoms with Crippen molar-refractivity contribution >= 4 is 11.8 Å². The highest BCUT2D eigenvalue weighted by Gasteiger charge is 2.08. The van der Waals surface area contributed by atoms with E-state index in [-0.39, 0.29) is 5.82 Å². The molecule has 21 heavy (non-hydrogen) atoms. The van der Waals surface area contributed by atoms with Crippen LogP contribution in [0.25, 0.3) is 0 Å². The molecule has 0 spiro atoms. The monoisotopic (exact) mass is 311 g/mol. The molecule has 0 bridgehead atoms. The van der Waals surface area contributed by atoms with Gasteiger partial charge in [-0.25, -0.2) is 13.2 Å². The van der Waals surface area contributed by atoms with Gasteiger partial charge in [0.2, 0.25) is 0 Å². The Morgan fingerprint density at radius 2 is 1.71 bits per heavy atom. The second-order valence-corrected chi connectivity index (χ2v) is 6.09. The van der Waals surface area contributed by atoms with E-state index >= 15 is 0 Å². The Morgan fingerprint density at radius 3 is 2.33 bits per heavy atom. The van der Waals surface area contributed by atoms with Crippen molar-refractivity contribution in [3.05, 3.63) is 59.4 Å². The van der Waals surface area contributed by atoms with Crippen molar-refractivity contribution in [2.75, 3.05) is 0 Å². The van der Waals surface area contributed by atoms with Gasteiger partial charge in [-0.05, 0) is 35.9 Å². The summed E-state index contributed by atoms with van der Waals surface area (Å²) >= 11 is 1.07. The molecular formula is C16H16F3NS. The van der Waals surface area contributed by atoms with Crippen molar-refractivity contribution in [2.45, 2.75) is 36.2 Å². The molecule has 0 saturated heterocycles. The maximum atomic E-state index is 14.0. The van der Waals surface area contributed by atoms with Crippen LogP contribution in [0.5, 0.6) is 0 Å². The summed E-state index contributed by atoms with van der Waals surface area (Å²) in [6.07, 6.45) is 0. The summed E-state index contributed by atoms with van der Waals surface area (Å²) in [7, 11) is 0. The minimum absolute atomic E-state index is 0.323. The van der Waals surface area contributed by atoms with E-state index in [0.29, 0.717) is 22.4 Å². The quantitative estimate of drug-likeness (QED) is 0.855. The molecule has 2 aromatic rings. The smallest absolute Gasteiger partial charge is 0.159 e. The Balaban J connectivity index is 2.11. The fraction of sp³-hybridized carbons (Fsp3) is 0.250. The van der Waals surface area contributed by atoms with Crippen molar-refractivity contribution in [2.24, 2.45) is 0 Å². The van der Waals surface area contributed by atoms with Gasteiger partial charge in [-0.1, -0.05) is 31.7 Å². The standard InChI is InChI=1S/C16H16F3NS/c1-10(2)20-9-11-3-6-16(15(19)7-11)21-12-4-5-13(17)14(18)8-12/h3-8,10,20H,9H2,1-2H3. The van der Waals surface area contributed by atoms with E-state index in [2.05, 4.69) is 5.32 Å². The summed E-state index contributed by atoms with van der Waals surface area (Å²) < 4.78 is 40.0. The van der Waals surface area contributed by atoms with Gasteiger partial charge in [0.15, 0.2) is 11.6 Å². The van der Waals surface area contributed by atoms with E-state index in [1.807, 2.05) is 19.9 Å². The fourth-order valence-electron chi connectivity index (χ4n) is 1.73. The Kier molecular flexibility index (Phi) is 5.31. The molecule has 0 aliphatic rings. The minimum Gasteiger partial charge on any atom is -0.310 e. The van der Waals surface area contributed by atoms with Crippen molar-refractivity contribution in [3.63, 3.8) is 0 Å². The number of hydrogen-bond acceptors (Lipinski definition) is 2. The largest absolute Gasteiger partial charge is 0.310 e. The van der Waals surface area contributed by atoms with Crippen LogP contribution in [0.3, 0.4) is 0 Å². The van der Waals surface area contributed by atoms with Gasteiger partial charge >= 0.3 is 0 Å². The number of nitrogens with one attached hydrogen (secondary N) is 1. The first-order valence-corrected chi connectivity index (χ1v) is 7.42. The summed E-state index contributed by atoms with van der Waals surface area (Å²) in [5.41, 5.74) is 0.843. The van der Waals surface area contributed by atoms with E-state index in [0.717, 1.165) is 29.5 Å². The third-order valence-electron chi connectivity index (χ3n) is 2.83. The van der Waals surface area contributed by atoms with Crippen molar-refractivity contribution in [1.82, 2.24) is 5.32 Å². The Bertz CT molecular complexity index is 629. The van der Waals surface area contributed by atoms with E-state index in [4.69, 9.17) is 0 Å². The number of hydrogen-bond donors (Lipinski definition) is 1. The molecule has 0 unspecified atom stereocenters. The topological polar surface area (TPSA) is 12.0 Å². The molecule has 0 aromatic heterocycles. The Hall–Kier alpha value is -1.46. The van der Waals surface area contributed by atoms with Crippen LogP contribution in [0, 0.1) is 17.5 Å². The highest BCUT2D eigenvalue weighted by Crippen LogP contribution is 2.31. The van der Waals surface area contributed by atoms with Crippen LogP contribution in [0.4, 0.5) is 13.2 Å². The van der Waals surface area contributed by atoms with Crippen LogP contribution in [0.1, 0.15) is 19.4 Å². The molecule has 2 aromatic carbocycles. The lowest BCUT2D eigenvalue weighted by Gasteiger charge is -2.09. The third-order valence-corrected chi connectivity index (χ3v) is 3.87. The summed E-state index contributed by atoms with van der Waals surface area (Å²) in [6, 6.07) is 8.78. The van der Waals surface area contributed by atoms with Gasteiger partial charge < -0.3 is 5.32 Å². The highest BCUT2D eigenvalue weighted by molar-refractivity contribution is 7.99. The third kappa shape index (κ3) is 4.51. The van der Waals surface area contributed by atoms with Gasteiger partial charge in [0, 0.05) is 22.4 Å². The van der Waals surface area contributed by atoms with Crippen LogP contribution < -0.4 is 5.32 Å². The van der Waals surface area contributed by atoms with E-state index < -0.39 is 11.6 Å². The summed E-state index contributed by atoms with van der Waals surface area (Å²) in [5, 5.41) is 3.21. The lowest BCUT2D eigenvalue weighted by molar-refractivity contribution is 0.506. The molecule has 0 aliphatic heterocycles. The summed E-state index contributed by atoms with van der Waals surface area (Å²) in [4.78, 5) is 0.843. The first-order valence-electron chi connectivity index (χ1n) is 6.60. The van der Waals surface area contributed by atoms with Crippen LogP contribution >= 0.6 is 11.8 Å². The molecule has 2 rings (SSSR count). The zero-order valence-corrected chi connectivity index (χ0v) is 12.6. The molecule has 0 fully saturated rings. The maximum absolute atomic E-state index is 14.0. The molecule has 5 heteroatoms. The molecule has 0 aliphatic carbocycles. The van der Waals surface area contributed by atoms with E-state index in [1.165, 1.54) is 12.1 Å². The van der Waals surface area contributed by atoms with Gasteiger partial charge in [0.1, 0.15) is 5.82 Å². The zero-order valence-electron chi connectivity index (χ0n) is 11.8. The SMILES string of the molecule is CC(C)NCc1ccc(Sc2ccc(F)c(F)c2)c(F)c1. The van der Waals surface area contributed by atoms with Crippen LogP contribution in [0.2, 0.25) is 0 Å². The minimum atomic E-state index is -0.932. The average molecular weight is 311 g/mol. The number of rotatable bonds is 5. The van der Waals surface area contributed by atoms with Crippen LogP contribution in [-0.4, -0.2) is 6.04 Å². The lowest BCUT2D eigenvalue weighted by Crippen LogP contribution is -2.21. The molecule has 0 heterocycles. The van der Waals surface area contributed by atoms with Crippen molar-refractivity contribution < 1.29 is 13.2 Å². The molecule has 0 atom stereocenters. The highest BCUT2D eigenvalue weighted by atomic mass is 32.2. The van der Waals surface area contributed by atoms with Crippen LogP contribution in [-0.2, 0) is 6.54 Å². The normalized spacial score (nSPS) is 11.1. The van der Waals surface area contributed by atoms with Crippen LogP contribution in [0.15, 0.2) is 46.2 Å². The van der Waals surface area contributed by atoms with Gasteiger partial charge in [0.05, 0.1) is 0 Å². The van der Waals surface area contributed by atoms with E-state index in [1.54, 1.807) is 6.07 Å². The van der Waals surface area contributed by atoms with Gasteiger partial charge in [-0.15, -0.1) is 0 Å². The average Bonchev–Trinajstić information content (AvgIpc) is 2.43. The van der Waals surface area contributed by atoms with Gasteiger partial charge in [-0.3, -0.25) is 0 Å². The molecule has 0 amide bonds. The Labute approximate surface area is 126 Å². The number of halogens is 3. The second kappa shape index (κ2) is 7.00. The molecule has 1 nitrogen and oxygen atoms in total. The predicted octanol–water partition coefficient (Wildman–Crippen LogP) is 4.75. The molecule has 112 valence electrons. The molecule has 1 N–H and O–H groups in total. The van der Waals surface area contributed by atoms with Gasteiger partial charge in [0.25, 0.3) is 0 Å². The molecular weight excluding hydrogens is 295 g/mol. The van der Waals surface area contributed by atoms with Gasteiger partial charge in [-0.2, -0.15) is 0 Å². The lowest BCUT2D eigenvalue weighted by atomic mass is 10.2. The second-order valence-electron chi connectivity index (χ2n) is 4.98. The summed E-state index contributed by atoms with van der Waals surface area (Å²) in [5.74, 6) is -2.21. The zero-order chi connectivity index (χ0) is 15.4. The first-order chi connectivity index (χ1) is 9.95. The molecule has 0 radical (unpaired) electrons. The summed E-state index contributed by atoms with van der Waals surface area (Å²) in [6.45, 7) is 4.62. The fourth-order valence-corrected chi connectivity index (χ4v) is 2.57. The van der Waals surface area contributed by atoms with Crippen molar-refractivity contribution in [3.8, 4) is 0 Å². The predicted molar refractivity (Wildman–Crippen MR) is 78.9 cm³/mol. The molecule has 0 saturated carbocycles.